The number of rotatable bonds is 6. The smallest absolute Gasteiger partial charge is 0.255 e. The van der Waals surface area contributed by atoms with Crippen LogP contribution in [0.4, 0.5) is 0 Å². The maximum atomic E-state index is 12.8. The molecule has 35 heavy (non-hydrogen) atoms. The lowest BCUT2D eigenvalue weighted by atomic mass is 10.1. The third-order valence-corrected chi connectivity index (χ3v) is 5.76. The predicted molar refractivity (Wildman–Crippen MR) is 131 cm³/mol. The van der Waals surface area contributed by atoms with Gasteiger partial charge in [0.05, 0.1) is 26.3 Å². The van der Waals surface area contributed by atoms with Crippen LogP contribution in [0.3, 0.4) is 0 Å². The van der Waals surface area contributed by atoms with E-state index in [0.29, 0.717) is 49.3 Å². The van der Waals surface area contributed by atoms with Crippen LogP contribution in [-0.4, -0.2) is 57.7 Å². The Hall–Kier alpha value is -3.75. The van der Waals surface area contributed by atoms with Crippen LogP contribution in [0.25, 0.3) is 0 Å². The Morgan fingerprint density at radius 3 is 2.69 bits per heavy atom. The van der Waals surface area contributed by atoms with Gasteiger partial charge >= 0.3 is 0 Å². The van der Waals surface area contributed by atoms with Crippen LogP contribution in [-0.2, 0) is 16.0 Å². The highest BCUT2D eigenvalue weighted by Crippen LogP contribution is 2.25. The standard InChI is InChI=1S/C26H33N3O6/c1-33-19-11-12-20-23(17-19)35-16-15-28-26(32)21(8-5-6-14-27-25(20)31)29-24(30)13-10-18-7-3-4-9-22(18)34-2/h3-4,7,9,11-12,17,21H,5-6,8,10,13-16H2,1-2H3,(H,27,31)(H,28,32)(H,29,30)/t21-/m0/s1. The molecule has 0 fully saturated rings. The summed E-state index contributed by atoms with van der Waals surface area (Å²) in [5.41, 5.74) is 1.35. The van der Waals surface area contributed by atoms with Gasteiger partial charge in [0, 0.05) is 19.0 Å². The third kappa shape index (κ3) is 7.63. The number of carbonyl (C=O) groups excluding carboxylic acids is 3. The first-order valence-electron chi connectivity index (χ1n) is 11.8. The molecule has 0 bridgehead atoms. The van der Waals surface area contributed by atoms with Crippen LogP contribution in [0.2, 0.25) is 0 Å². The molecule has 3 N–H and O–H groups in total. The van der Waals surface area contributed by atoms with Crippen molar-refractivity contribution < 1.29 is 28.6 Å². The van der Waals surface area contributed by atoms with Crippen molar-refractivity contribution in [1.82, 2.24) is 16.0 Å². The number of benzene rings is 2. The Morgan fingerprint density at radius 2 is 1.89 bits per heavy atom. The van der Waals surface area contributed by atoms with E-state index in [1.54, 1.807) is 25.3 Å². The van der Waals surface area contributed by atoms with Gasteiger partial charge in [-0.25, -0.2) is 0 Å². The fourth-order valence-corrected chi connectivity index (χ4v) is 3.86. The molecule has 2 aromatic carbocycles. The summed E-state index contributed by atoms with van der Waals surface area (Å²) in [4.78, 5) is 38.0. The summed E-state index contributed by atoms with van der Waals surface area (Å²) in [6, 6.07) is 11.9. The van der Waals surface area contributed by atoms with Gasteiger partial charge in [-0.1, -0.05) is 18.2 Å². The molecule has 2 aromatic rings. The van der Waals surface area contributed by atoms with Gasteiger partial charge in [0.25, 0.3) is 5.91 Å². The molecular weight excluding hydrogens is 450 g/mol. The number of para-hydroxylation sites is 1. The van der Waals surface area contributed by atoms with E-state index in [0.717, 1.165) is 11.3 Å². The third-order valence-electron chi connectivity index (χ3n) is 5.76. The minimum Gasteiger partial charge on any atom is -0.497 e. The lowest BCUT2D eigenvalue weighted by molar-refractivity contribution is -0.129. The summed E-state index contributed by atoms with van der Waals surface area (Å²) in [6.07, 6.45) is 2.54. The minimum atomic E-state index is -0.661. The van der Waals surface area contributed by atoms with Crippen molar-refractivity contribution in [2.45, 2.75) is 38.1 Å². The number of hydrogen-bond acceptors (Lipinski definition) is 6. The van der Waals surface area contributed by atoms with Gasteiger partial charge in [-0.15, -0.1) is 0 Å². The largest absolute Gasteiger partial charge is 0.497 e. The first kappa shape index (κ1) is 25.9. The summed E-state index contributed by atoms with van der Waals surface area (Å²) in [6.45, 7) is 0.832. The normalized spacial score (nSPS) is 17.0. The van der Waals surface area contributed by atoms with Crippen molar-refractivity contribution in [2.75, 3.05) is 33.9 Å². The molecule has 0 saturated heterocycles. The molecule has 9 heteroatoms. The molecule has 188 valence electrons. The van der Waals surface area contributed by atoms with Crippen molar-refractivity contribution in [3.8, 4) is 17.2 Å². The minimum absolute atomic E-state index is 0.160. The van der Waals surface area contributed by atoms with Gasteiger partial charge in [-0.2, -0.15) is 0 Å². The Balaban J connectivity index is 1.60. The second-order valence-electron chi connectivity index (χ2n) is 8.19. The average Bonchev–Trinajstić information content (AvgIpc) is 2.88. The zero-order valence-electron chi connectivity index (χ0n) is 20.2. The molecule has 0 aliphatic carbocycles. The number of aryl methyl sites for hydroxylation is 1. The number of ether oxygens (including phenoxy) is 3. The maximum absolute atomic E-state index is 12.8. The van der Waals surface area contributed by atoms with Gasteiger partial charge in [0.15, 0.2) is 0 Å². The summed E-state index contributed by atoms with van der Waals surface area (Å²) in [5, 5.41) is 8.57. The predicted octanol–water partition coefficient (Wildman–Crippen LogP) is 2.23. The Kier molecular flexibility index (Phi) is 9.77. The molecule has 1 atom stereocenters. The van der Waals surface area contributed by atoms with Crippen LogP contribution in [0.1, 0.15) is 41.6 Å². The van der Waals surface area contributed by atoms with E-state index in [1.807, 2.05) is 24.3 Å². The van der Waals surface area contributed by atoms with Gasteiger partial charge in [-0.05, 0) is 49.4 Å². The highest BCUT2D eigenvalue weighted by molar-refractivity contribution is 5.97. The second kappa shape index (κ2) is 13.2. The van der Waals surface area contributed by atoms with Crippen LogP contribution < -0.4 is 30.2 Å². The number of fused-ring (bicyclic) bond motifs is 1. The van der Waals surface area contributed by atoms with Crippen molar-refractivity contribution in [3.05, 3.63) is 53.6 Å². The number of methoxy groups -OCH3 is 2. The summed E-state index contributed by atoms with van der Waals surface area (Å²) in [7, 11) is 3.13. The Labute approximate surface area is 205 Å². The van der Waals surface area contributed by atoms with E-state index in [4.69, 9.17) is 14.2 Å². The molecular formula is C26H33N3O6. The lowest BCUT2D eigenvalue weighted by Crippen LogP contribution is -2.47. The summed E-state index contributed by atoms with van der Waals surface area (Å²) < 4.78 is 16.3. The van der Waals surface area contributed by atoms with E-state index in [9.17, 15) is 14.4 Å². The van der Waals surface area contributed by atoms with Gasteiger partial charge in [-0.3, -0.25) is 14.4 Å². The molecule has 3 amide bonds. The number of nitrogens with one attached hydrogen (secondary N) is 3. The molecule has 0 aromatic heterocycles. The molecule has 0 spiro atoms. The van der Waals surface area contributed by atoms with E-state index in [2.05, 4.69) is 16.0 Å². The second-order valence-corrected chi connectivity index (χ2v) is 8.19. The molecule has 1 aliphatic rings. The molecule has 1 heterocycles. The Bertz CT molecular complexity index is 1030. The topological polar surface area (TPSA) is 115 Å². The van der Waals surface area contributed by atoms with Crippen molar-refractivity contribution in [1.29, 1.82) is 0 Å². The zero-order valence-corrected chi connectivity index (χ0v) is 20.2. The van der Waals surface area contributed by atoms with E-state index < -0.39 is 6.04 Å². The quantitative estimate of drug-likeness (QED) is 0.581. The molecule has 1 aliphatic heterocycles. The number of amides is 3. The van der Waals surface area contributed by atoms with Gasteiger partial charge in [0.2, 0.25) is 11.8 Å². The van der Waals surface area contributed by atoms with Gasteiger partial charge < -0.3 is 30.2 Å². The monoisotopic (exact) mass is 483 g/mol. The van der Waals surface area contributed by atoms with Crippen LogP contribution in [0, 0.1) is 0 Å². The van der Waals surface area contributed by atoms with Gasteiger partial charge in [0.1, 0.15) is 29.9 Å². The molecule has 9 nitrogen and oxygen atoms in total. The molecule has 0 saturated carbocycles. The molecule has 3 rings (SSSR count). The van der Waals surface area contributed by atoms with Crippen LogP contribution in [0.5, 0.6) is 17.2 Å². The van der Waals surface area contributed by atoms with Crippen molar-refractivity contribution >= 4 is 17.7 Å². The average molecular weight is 484 g/mol. The fourth-order valence-electron chi connectivity index (χ4n) is 3.86. The fraction of sp³-hybridized carbons (Fsp3) is 0.423. The van der Waals surface area contributed by atoms with E-state index in [-0.39, 0.29) is 37.3 Å². The van der Waals surface area contributed by atoms with Crippen molar-refractivity contribution in [2.24, 2.45) is 0 Å². The summed E-state index contributed by atoms with van der Waals surface area (Å²) in [5.74, 6) is 0.989. The van der Waals surface area contributed by atoms with E-state index >= 15 is 0 Å². The SMILES string of the molecule is COc1ccc2c(c1)OCCNC(=O)[C@@H](NC(=O)CCc1ccccc1OC)CCCCNC2=O. The van der Waals surface area contributed by atoms with Crippen molar-refractivity contribution in [3.63, 3.8) is 0 Å². The van der Waals surface area contributed by atoms with Crippen LogP contribution in [0.15, 0.2) is 42.5 Å². The summed E-state index contributed by atoms with van der Waals surface area (Å²) >= 11 is 0. The number of hydrogen-bond donors (Lipinski definition) is 3. The van der Waals surface area contributed by atoms with E-state index in [1.165, 1.54) is 7.11 Å². The zero-order chi connectivity index (χ0) is 25.0. The lowest BCUT2D eigenvalue weighted by Gasteiger charge is -2.20. The highest BCUT2D eigenvalue weighted by atomic mass is 16.5. The first-order valence-corrected chi connectivity index (χ1v) is 11.8. The number of carbonyl (C=O) groups is 3. The Morgan fingerprint density at radius 1 is 1.06 bits per heavy atom. The first-order chi connectivity index (χ1) is 17.0. The highest BCUT2D eigenvalue weighted by Gasteiger charge is 2.21. The molecule has 0 unspecified atom stereocenters. The van der Waals surface area contributed by atoms with Crippen LogP contribution >= 0.6 is 0 Å². The maximum Gasteiger partial charge on any atom is 0.255 e. The molecule has 0 radical (unpaired) electrons.